The van der Waals surface area contributed by atoms with Gasteiger partial charge in [-0.3, -0.25) is 0 Å². The molecule has 2 N–H and O–H groups in total. The number of hydrogen-bond acceptors (Lipinski definition) is 4. The van der Waals surface area contributed by atoms with Crippen molar-refractivity contribution in [1.29, 1.82) is 0 Å². The van der Waals surface area contributed by atoms with Crippen LogP contribution in [0.25, 0.3) is 0 Å². The van der Waals surface area contributed by atoms with E-state index in [-0.39, 0.29) is 5.92 Å². The summed E-state index contributed by atoms with van der Waals surface area (Å²) in [4.78, 5) is 10.9. The van der Waals surface area contributed by atoms with Gasteiger partial charge in [-0.2, -0.15) is 0 Å². The first kappa shape index (κ1) is 11.4. The van der Waals surface area contributed by atoms with Crippen molar-refractivity contribution in [3.63, 3.8) is 0 Å². The molecule has 4 nitrogen and oxygen atoms in total. The number of rotatable bonds is 3. The van der Waals surface area contributed by atoms with Crippen molar-refractivity contribution in [3.05, 3.63) is 0 Å². The minimum Gasteiger partial charge on any atom is -0.467 e. The zero-order valence-corrected chi connectivity index (χ0v) is 7.87. The van der Waals surface area contributed by atoms with Crippen LogP contribution in [-0.4, -0.2) is 35.0 Å². The molecular weight excluding hydrogens is 160 g/mol. The van der Waals surface area contributed by atoms with Crippen LogP contribution in [0.4, 0.5) is 0 Å². The number of methoxy groups -OCH3 is 1. The van der Waals surface area contributed by atoms with Crippen LogP contribution in [0, 0.1) is 5.92 Å². The molecule has 2 atom stereocenters. The van der Waals surface area contributed by atoms with Crippen molar-refractivity contribution in [2.45, 2.75) is 32.5 Å². The Bertz CT molecular complexity index is 162. The molecule has 0 aliphatic heterocycles. The van der Waals surface area contributed by atoms with E-state index in [0.717, 1.165) is 0 Å². The zero-order chi connectivity index (χ0) is 9.94. The molecule has 0 heterocycles. The van der Waals surface area contributed by atoms with Gasteiger partial charge in [0.25, 0.3) is 0 Å². The maximum absolute atomic E-state index is 10.9. The summed E-state index contributed by atoms with van der Waals surface area (Å²) in [7, 11) is 1.17. The Morgan fingerprint density at radius 1 is 1.50 bits per heavy atom. The number of carbonyl (C=O) groups is 1. The molecule has 72 valence electrons. The van der Waals surface area contributed by atoms with Gasteiger partial charge in [-0.25, -0.2) is 4.79 Å². The van der Waals surface area contributed by atoms with Crippen molar-refractivity contribution >= 4 is 5.97 Å². The number of hydrogen-bond donors (Lipinski definition) is 2. The minimum absolute atomic E-state index is 0.195. The van der Waals surface area contributed by atoms with E-state index in [1.165, 1.54) is 14.0 Å². The van der Waals surface area contributed by atoms with Crippen LogP contribution >= 0.6 is 0 Å². The molecule has 0 aromatic heterocycles. The number of ether oxygens (including phenoxy) is 1. The largest absolute Gasteiger partial charge is 0.467 e. The second kappa shape index (κ2) is 3.87. The predicted molar refractivity (Wildman–Crippen MR) is 43.5 cm³/mol. The molecular formula is C8H16O4. The van der Waals surface area contributed by atoms with Crippen molar-refractivity contribution in [2.75, 3.05) is 7.11 Å². The highest BCUT2D eigenvalue weighted by Gasteiger charge is 2.40. The molecule has 0 fully saturated rings. The van der Waals surface area contributed by atoms with Gasteiger partial charge in [-0.05, 0) is 12.8 Å². The monoisotopic (exact) mass is 176 g/mol. The average molecular weight is 176 g/mol. The first-order valence-corrected chi connectivity index (χ1v) is 3.83. The van der Waals surface area contributed by atoms with Crippen molar-refractivity contribution in [2.24, 2.45) is 5.92 Å². The van der Waals surface area contributed by atoms with E-state index in [4.69, 9.17) is 0 Å². The van der Waals surface area contributed by atoms with Crippen molar-refractivity contribution in [3.8, 4) is 0 Å². The third kappa shape index (κ3) is 2.19. The van der Waals surface area contributed by atoms with E-state index in [9.17, 15) is 15.0 Å². The summed E-state index contributed by atoms with van der Waals surface area (Å²) in [6, 6.07) is 0. The summed E-state index contributed by atoms with van der Waals surface area (Å²) in [6.45, 7) is 4.66. The first-order chi connectivity index (χ1) is 5.34. The molecule has 0 rings (SSSR count). The molecule has 0 spiro atoms. The number of aliphatic hydroxyl groups is 2. The second-order valence-corrected chi connectivity index (χ2v) is 3.33. The van der Waals surface area contributed by atoms with Crippen LogP contribution in [0.2, 0.25) is 0 Å². The molecule has 0 aromatic rings. The smallest absolute Gasteiger partial charge is 0.340 e. The van der Waals surface area contributed by atoms with Gasteiger partial charge < -0.3 is 14.9 Å². The lowest BCUT2D eigenvalue weighted by Gasteiger charge is -2.28. The highest BCUT2D eigenvalue weighted by molar-refractivity contribution is 5.79. The van der Waals surface area contributed by atoms with Gasteiger partial charge in [0.2, 0.25) is 0 Å². The minimum atomic E-state index is -1.82. The van der Waals surface area contributed by atoms with Crippen molar-refractivity contribution in [1.82, 2.24) is 0 Å². The molecule has 12 heavy (non-hydrogen) atoms. The Morgan fingerprint density at radius 3 is 2.17 bits per heavy atom. The van der Waals surface area contributed by atoms with Gasteiger partial charge in [0, 0.05) is 0 Å². The molecule has 4 heteroatoms. The topological polar surface area (TPSA) is 66.8 Å². The molecule has 0 unspecified atom stereocenters. The predicted octanol–water partition coefficient (Wildman–Crippen LogP) is -0.0727. The van der Waals surface area contributed by atoms with Crippen LogP contribution in [0.15, 0.2) is 0 Å². The van der Waals surface area contributed by atoms with E-state index < -0.39 is 17.7 Å². The molecule has 0 radical (unpaired) electrons. The lowest BCUT2D eigenvalue weighted by molar-refractivity contribution is -0.175. The standard InChI is InChI=1S/C8H16O4/c1-5(2)6(9)8(3,11)7(10)12-4/h5-6,9,11H,1-4H3/t6-,8+/m1/s1. The molecule has 0 amide bonds. The Morgan fingerprint density at radius 2 is 1.92 bits per heavy atom. The normalized spacial score (nSPS) is 18.6. The van der Waals surface area contributed by atoms with E-state index >= 15 is 0 Å². The first-order valence-electron chi connectivity index (χ1n) is 3.83. The van der Waals surface area contributed by atoms with Crippen LogP contribution in [0.5, 0.6) is 0 Å². The number of aliphatic hydroxyl groups excluding tert-OH is 1. The lowest BCUT2D eigenvalue weighted by Crippen LogP contribution is -2.49. The van der Waals surface area contributed by atoms with Gasteiger partial charge in [0.05, 0.1) is 13.2 Å². The highest BCUT2D eigenvalue weighted by Crippen LogP contribution is 2.18. The number of esters is 1. The van der Waals surface area contributed by atoms with Gasteiger partial charge >= 0.3 is 5.97 Å². The maximum Gasteiger partial charge on any atom is 0.340 e. The second-order valence-electron chi connectivity index (χ2n) is 3.33. The van der Waals surface area contributed by atoms with E-state index in [2.05, 4.69) is 4.74 Å². The molecule has 0 saturated carbocycles. The fourth-order valence-corrected chi connectivity index (χ4v) is 0.976. The Labute approximate surface area is 72.2 Å². The Hall–Kier alpha value is -0.610. The third-order valence-corrected chi connectivity index (χ3v) is 1.81. The quantitative estimate of drug-likeness (QED) is 0.590. The van der Waals surface area contributed by atoms with Gasteiger partial charge in [-0.1, -0.05) is 13.8 Å². The molecule has 0 aromatic carbocycles. The Kier molecular flexibility index (Phi) is 3.67. The maximum atomic E-state index is 10.9. The highest BCUT2D eigenvalue weighted by atomic mass is 16.5. The Balaban J connectivity index is 4.48. The van der Waals surface area contributed by atoms with Gasteiger partial charge in [0.1, 0.15) is 0 Å². The van der Waals surface area contributed by atoms with Crippen LogP contribution < -0.4 is 0 Å². The van der Waals surface area contributed by atoms with E-state index in [1.807, 2.05) is 0 Å². The van der Waals surface area contributed by atoms with Crippen LogP contribution in [-0.2, 0) is 9.53 Å². The summed E-state index contributed by atoms with van der Waals surface area (Å²) in [5, 5.41) is 18.9. The summed E-state index contributed by atoms with van der Waals surface area (Å²) in [5.74, 6) is -1.01. The fraction of sp³-hybridized carbons (Fsp3) is 0.875. The fourth-order valence-electron chi connectivity index (χ4n) is 0.976. The van der Waals surface area contributed by atoms with Gasteiger partial charge in [0.15, 0.2) is 5.60 Å². The summed E-state index contributed by atoms with van der Waals surface area (Å²) < 4.78 is 4.34. The van der Waals surface area contributed by atoms with Crippen LogP contribution in [0.1, 0.15) is 20.8 Å². The van der Waals surface area contributed by atoms with Crippen molar-refractivity contribution < 1.29 is 19.7 Å². The molecule has 0 aliphatic carbocycles. The van der Waals surface area contributed by atoms with Crippen LogP contribution in [0.3, 0.4) is 0 Å². The lowest BCUT2D eigenvalue weighted by atomic mass is 9.91. The summed E-state index contributed by atoms with van der Waals surface area (Å²) in [5.41, 5.74) is -1.82. The van der Waals surface area contributed by atoms with E-state index in [1.54, 1.807) is 13.8 Å². The molecule has 0 saturated heterocycles. The summed E-state index contributed by atoms with van der Waals surface area (Å²) in [6.07, 6.45) is -1.11. The van der Waals surface area contributed by atoms with Gasteiger partial charge in [-0.15, -0.1) is 0 Å². The number of carbonyl (C=O) groups excluding carboxylic acids is 1. The summed E-state index contributed by atoms with van der Waals surface area (Å²) >= 11 is 0. The molecule has 0 aliphatic rings. The zero-order valence-electron chi connectivity index (χ0n) is 7.87. The SMILES string of the molecule is COC(=O)[C@@](C)(O)[C@H](O)C(C)C. The van der Waals surface area contributed by atoms with E-state index in [0.29, 0.717) is 0 Å². The average Bonchev–Trinajstić information content (AvgIpc) is 2.01. The third-order valence-electron chi connectivity index (χ3n) is 1.81. The molecule has 0 bridgehead atoms.